The molecular formula is C50H87N9O10. The molecule has 1 amide bonds. The van der Waals surface area contributed by atoms with E-state index in [4.69, 9.17) is 48.7 Å². The van der Waals surface area contributed by atoms with Crippen molar-refractivity contribution in [2.75, 3.05) is 126 Å². The lowest BCUT2D eigenvalue weighted by Gasteiger charge is -2.37. The Morgan fingerprint density at radius 2 is 1.38 bits per heavy atom. The molecule has 2 fully saturated rings. The molecule has 2 saturated heterocycles. The van der Waals surface area contributed by atoms with Gasteiger partial charge < -0.3 is 57.8 Å². The summed E-state index contributed by atoms with van der Waals surface area (Å²) in [6, 6.07) is 11.4. The van der Waals surface area contributed by atoms with Crippen molar-refractivity contribution in [3.8, 4) is 0 Å². The van der Waals surface area contributed by atoms with E-state index in [2.05, 4.69) is 58.5 Å². The summed E-state index contributed by atoms with van der Waals surface area (Å²) < 4.78 is 44.7. The molecule has 2 aliphatic heterocycles. The number of rotatable bonds is 37. The van der Waals surface area contributed by atoms with E-state index in [1.165, 1.54) is 12.0 Å². The van der Waals surface area contributed by atoms with Gasteiger partial charge in [-0.15, -0.1) is 5.10 Å². The minimum Gasteiger partial charge on any atom is -0.379 e. The molecule has 2 aliphatic rings. The zero-order valence-electron chi connectivity index (χ0n) is 42.9. The molecule has 3 heterocycles. The monoisotopic (exact) mass is 974 g/mol. The second kappa shape index (κ2) is 36.2. The highest BCUT2D eigenvalue weighted by Crippen LogP contribution is 2.30. The van der Waals surface area contributed by atoms with Crippen LogP contribution in [0.25, 0.3) is 0 Å². The van der Waals surface area contributed by atoms with Gasteiger partial charge in [-0.2, -0.15) is 0 Å². The van der Waals surface area contributed by atoms with Gasteiger partial charge in [0, 0.05) is 56.7 Å². The molecule has 4 atom stereocenters. The predicted molar refractivity (Wildman–Crippen MR) is 266 cm³/mol. The van der Waals surface area contributed by atoms with Crippen molar-refractivity contribution in [1.29, 1.82) is 10.8 Å². The zero-order chi connectivity index (χ0) is 50.1. The topological polar surface area (TPSA) is 208 Å². The quantitative estimate of drug-likeness (QED) is 0.0357. The number of amidine groups is 2. The molecular weight excluding hydrogens is 887 g/mol. The van der Waals surface area contributed by atoms with Crippen LogP contribution in [-0.4, -0.2) is 197 Å². The van der Waals surface area contributed by atoms with Crippen LogP contribution in [0.15, 0.2) is 36.5 Å². The molecule has 0 saturated carbocycles. The number of aromatic nitrogens is 3. The van der Waals surface area contributed by atoms with E-state index < -0.39 is 0 Å². The Kier molecular flexibility index (Phi) is 31.2. The van der Waals surface area contributed by atoms with Gasteiger partial charge in [-0.1, -0.05) is 49.4 Å². The van der Waals surface area contributed by atoms with Gasteiger partial charge in [0.05, 0.1) is 130 Å². The highest BCUT2D eigenvalue weighted by molar-refractivity contribution is 5.98. The van der Waals surface area contributed by atoms with Gasteiger partial charge in [0.2, 0.25) is 5.91 Å². The van der Waals surface area contributed by atoms with Crippen molar-refractivity contribution in [3.63, 3.8) is 0 Å². The third-order valence-corrected chi connectivity index (χ3v) is 11.9. The summed E-state index contributed by atoms with van der Waals surface area (Å²) in [4.78, 5) is 29.7. The summed E-state index contributed by atoms with van der Waals surface area (Å²) in [5, 5.41) is 28.3. The van der Waals surface area contributed by atoms with Crippen LogP contribution in [0.4, 0.5) is 0 Å². The normalized spacial score (nSPS) is 17.3. The van der Waals surface area contributed by atoms with Crippen molar-refractivity contribution >= 4 is 23.9 Å². The number of amides is 1. The molecule has 0 bridgehead atoms. The summed E-state index contributed by atoms with van der Waals surface area (Å²) >= 11 is 0. The molecule has 69 heavy (non-hydrogen) atoms. The van der Waals surface area contributed by atoms with Gasteiger partial charge >= 0.3 is 0 Å². The molecule has 19 heteroatoms. The van der Waals surface area contributed by atoms with Gasteiger partial charge in [0.15, 0.2) is 0 Å². The molecule has 19 nitrogen and oxygen atoms in total. The standard InChI is InChI=1S/C28H46N6O.C22H41N3O9/c1-19(2)27(30)34(22(5)29)21(4)16-25-13-12-20(3)33(25)15-14-26(23-10-8-7-9-11-23)31-28(35)24-17-32(6)18-24;1-2-27-8-9-30-14-15-32-13-11-29-7-4-25-20-22(23-24-25)21-34-19-18-33-17-16-31-12-10-28-6-3-5-26/h7-11,19-21,24-26,29-30H,12-18H2,1-6H3,(H,31,35);5,20H,2-4,6-19,21H2,1H3. The van der Waals surface area contributed by atoms with E-state index in [1.807, 2.05) is 50.1 Å². The summed E-state index contributed by atoms with van der Waals surface area (Å²) in [5.41, 5.74) is 1.92. The van der Waals surface area contributed by atoms with Crippen molar-refractivity contribution in [1.82, 2.24) is 35.0 Å². The van der Waals surface area contributed by atoms with Gasteiger partial charge in [-0.05, 0) is 66.0 Å². The molecule has 1 aromatic carbocycles. The van der Waals surface area contributed by atoms with E-state index in [0.717, 1.165) is 50.9 Å². The van der Waals surface area contributed by atoms with Crippen LogP contribution in [0.1, 0.15) is 90.9 Å². The number of nitrogens with zero attached hydrogens (tertiary/aromatic N) is 6. The number of aldehydes is 1. The Morgan fingerprint density at radius 1 is 0.812 bits per heavy atom. The van der Waals surface area contributed by atoms with E-state index in [1.54, 1.807) is 11.6 Å². The Bertz CT molecular complexity index is 1670. The molecule has 0 aliphatic carbocycles. The fourth-order valence-electron chi connectivity index (χ4n) is 8.19. The first-order valence-electron chi connectivity index (χ1n) is 25.1. The highest BCUT2D eigenvalue weighted by Gasteiger charge is 2.35. The lowest BCUT2D eigenvalue weighted by molar-refractivity contribution is -0.130. The number of hydrogen-bond acceptors (Lipinski definition) is 16. The average Bonchev–Trinajstić information content (AvgIpc) is 3.93. The first-order valence-corrected chi connectivity index (χ1v) is 25.1. The second-order valence-electron chi connectivity index (χ2n) is 17.9. The van der Waals surface area contributed by atoms with Crippen LogP contribution in [0.5, 0.6) is 0 Å². The van der Waals surface area contributed by atoms with Crippen LogP contribution >= 0.6 is 0 Å². The fourth-order valence-corrected chi connectivity index (χ4v) is 8.19. The minimum atomic E-state index is 0.00918. The van der Waals surface area contributed by atoms with Crippen LogP contribution in [-0.2, 0) is 60.6 Å². The zero-order valence-corrected chi connectivity index (χ0v) is 42.9. The number of benzene rings is 1. The molecule has 4 unspecified atom stereocenters. The number of nitrogens with one attached hydrogen (secondary N) is 3. The molecule has 2 aromatic rings. The molecule has 0 spiro atoms. The summed E-state index contributed by atoms with van der Waals surface area (Å²) in [7, 11) is 2.05. The number of hydrogen-bond donors (Lipinski definition) is 3. The number of carbonyl (C=O) groups excluding carboxylic acids is 2. The number of carbonyl (C=O) groups is 2. The maximum atomic E-state index is 12.9. The van der Waals surface area contributed by atoms with Gasteiger partial charge in [-0.25, -0.2) is 4.68 Å². The van der Waals surface area contributed by atoms with Gasteiger partial charge in [0.1, 0.15) is 17.8 Å². The average molecular weight is 974 g/mol. The lowest BCUT2D eigenvalue weighted by Crippen LogP contribution is -2.52. The van der Waals surface area contributed by atoms with Crippen molar-refractivity contribution in [2.45, 2.75) is 111 Å². The molecule has 1 aromatic heterocycles. The van der Waals surface area contributed by atoms with E-state index in [0.29, 0.717) is 142 Å². The van der Waals surface area contributed by atoms with E-state index in [9.17, 15) is 9.59 Å². The van der Waals surface area contributed by atoms with Crippen molar-refractivity contribution in [2.24, 2.45) is 11.8 Å². The lowest BCUT2D eigenvalue weighted by atomic mass is 9.97. The van der Waals surface area contributed by atoms with Crippen LogP contribution < -0.4 is 5.32 Å². The molecule has 392 valence electrons. The van der Waals surface area contributed by atoms with E-state index in [-0.39, 0.29) is 29.8 Å². The van der Waals surface area contributed by atoms with Crippen LogP contribution in [0.3, 0.4) is 0 Å². The third-order valence-electron chi connectivity index (χ3n) is 11.9. The van der Waals surface area contributed by atoms with Crippen molar-refractivity contribution in [3.05, 3.63) is 47.8 Å². The number of likely N-dealkylation sites (tertiary alicyclic amines) is 2. The fraction of sp³-hybridized carbons (Fsp3) is 0.760. The maximum Gasteiger partial charge on any atom is 0.226 e. The largest absolute Gasteiger partial charge is 0.379 e. The number of ether oxygens (including phenoxy) is 8. The highest BCUT2D eigenvalue weighted by atomic mass is 16.6. The van der Waals surface area contributed by atoms with Crippen molar-refractivity contribution < 1.29 is 47.5 Å². The summed E-state index contributed by atoms with van der Waals surface area (Å²) in [6.45, 7) is 23.7. The van der Waals surface area contributed by atoms with Gasteiger partial charge in [-0.3, -0.25) is 20.5 Å². The Balaban J connectivity index is 0.000000366. The second-order valence-corrected chi connectivity index (χ2v) is 17.9. The first kappa shape index (κ1) is 59.5. The first-order chi connectivity index (χ1) is 33.4. The maximum absolute atomic E-state index is 12.9. The Hall–Kier alpha value is -3.76. The van der Waals surface area contributed by atoms with Crippen LogP contribution in [0.2, 0.25) is 0 Å². The minimum absolute atomic E-state index is 0.00918. The van der Waals surface area contributed by atoms with Crippen LogP contribution in [0, 0.1) is 22.7 Å². The third kappa shape index (κ3) is 24.8. The SMILES string of the molecule is CC(=N)N(C(=N)C(C)C)C(C)CC1CCC(C)N1CCC(NC(=O)C1CN(C)C1)c1ccccc1.CCOCCOCCOCCOCCn1cc(COCCOCCOCCOCCC=O)nn1. The summed E-state index contributed by atoms with van der Waals surface area (Å²) in [6.07, 6.45) is 7.21. The summed E-state index contributed by atoms with van der Waals surface area (Å²) in [5.74, 6) is 1.33. The smallest absolute Gasteiger partial charge is 0.226 e. The van der Waals surface area contributed by atoms with Gasteiger partial charge in [0.25, 0.3) is 0 Å². The molecule has 0 radical (unpaired) electrons. The molecule has 4 rings (SSSR count). The Labute approximate surface area is 412 Å². The Morgan fingerprint density at radius 3 is 1.93 bits per heavy atom. The predicted octanol–water partition coefficient (Wildman–Crippen LogP) is 4.88. The molecule has 3 N–H and O–H groups in total. The van der Waals surface area contributed by atoms with E-state index >= 15 is 0 Å².